The molecule has 1 unspecified atom stereocenters. The van der Waals surface area contributed by atoms with E-state index in [4.69, 9.17) is 15.6 Å². The molecule has 1 saturated heterocycles. The number of aliphatic hydroxyl groups excluding tert-OH is 1. The molecular weight excluding hydrogens is 232 g/mol. The summed E-state index contributed by atoms with van der Waals surface area (Å²) in [7, 11) is 0. The number of aryl methyl sites for hydroxylation is 1. The minimum atomic E-state index is -0.337. The molecule has 0 radical (unpaired) electrons. The highest BCUT2D eigenvalue weighted by molar-refractivity contribution is 5.04. The Morgan fingerprint density at radius 2 is 2.17 bits per heavy atom. The van der Waals surface area contributed by atoms with E-state index in [9.17, 15) is 0 Å². The number of hydrogen-bond acceptors (Lipinski definition) is 5. The lowest BCUT2D eigenvalue weighted by molar-refractivity contribution is 0.0369. The van der Waals surface area contributed by atoms with Gasteiger partial charge < -0.3 is 20.1 Å². The first-order valence-electron chi connectivity index (χ1n) is 6.48. The van der Waals surface area contributed by atoms with Gasteiger partial charge in [0, 0.05) is 32.4 Å². The maximum atomic E-state index is 9.07. The number of imidazole rings is 1. The van der Waals surface area contributed by atoms with Crippen LogP contribution in [0.1, 0.15) is 18.2 Å². The van der Waals surface area contributed by atoms with E-state index in [0.29, 0.717) is 0 Å². The SMILES string of the molecule is NC(CO)c1cncn1CCCN1CCOCC1. The fourth-order valence-corrected chi connectivity index (χ4v) is 2.21. The molecule has 2 rings (SSSR count). The predicted molar refractivity (Wildman–Crippen MR) is 68.1 cm³/mol. The third kappa shape index (κ3) is 3.52. The Kier molecular flexibility index (Phi) is 5.12. The van der Waals surface area contributed by atoms with Crippen LogP contribution in [-0.2, 0) is 11.3 Å². The molecule has 0 saturated carbocycles. The molecule has 102 valence electrons. The summed E-state index contributed by atoms with van der Waals surface area (Å²) in [5, 5.41) is 9.07. The van der Waals surface area contributed by atoms with Gasteiger partial charge in [0.15, 0.2) is 0 Å². The van der Waals surface area contributed by atoms with Crippen molar-refractivity contribution in [1.29, 1.82) is 0 Å². The van der Waals surface area contributed by atoms with Crippen LogP contribution in [0.25, 0.3) is 0 Å². The minimum absolute atomic E-state index is 0.0465. The lowest BCUT2D eigenvalue weighted by atomic mass is 10.2. The number of aromatic nitrogens is 2. The Morgan fingerprint density at radius 3 is 2.89 bits per heavy atom. The Balaban J connectivity index is 1.77. The second kappa shape index (κ2) is 6.84. The molecule has 3 N–H and O–H groups in total. The molecule has 1 aromatic rings. The van der Waals surface area contributed by atoms with Gasteiger partial charge in [-0.25, -0.2) is 4.98 Å². The van der Waals surface area contributed by atoms with Crippen molar-refractivity contribution in [2.45, 2.75) is 19.0 Å². The van der Waals surface area contributed by atoms with Gasteiger partial charge in [-0.3, -0.25) is 4.90 Å². The zero-order valence-corrected chi connectivity index (χ0v) is 10.7. The summed E-state index contributed by atoms with van der Waals surface area (Å²) in [5.41, 5.74) is 6.72. The summed E-state index contributed by atoms with van der Waals surface area (Å²) in [6, 6.07) is -0.337. The smallest absolute Gasteiger partial charge is 0.0948 e. The van der Waals surface area contributed by atoms with E-state index in [0.717, 1.165) is 51.5 Å². The fraction of sp³-hybridized carbons (Fsp3) is 0.750. The number of morpholine rings is 1. The van der Waals surface area contributed by atoms with E-state index < -0.39 is 0 Å². The van der Waals surface area contributed by atoms with Crippen molar-refractivity contribution in [2.24, 2.45) is 5.73 Å². The standard InChI is InChI=1S/C12H22N4O2/c13-11(9-17)12-8-14-10-16(12)3-1-2-15-4-6-18-7-5-15/h8,10-11,17H,1-7,9,13H2. The molecule has 1 atom stereocenters. The Morgan fingerprint density at radius 1 is 1.39 bits per heavy atom. The van der Waals surface area contributed by atoms with Crippen molar-refractivity contribution in [2.75, 3.05) is 39.5 Å². The van der Waals surface area contributed by atoms with Crippen molar-refractivity contribution in [3.05, 3.63) is 18.2 Å². The summed E-state index contributed by atoms with van der Waals surface area (Å²) in [5.74, 6) is 0. The largest absolute Gasteiger partial charge is 0.394 e. The summed E-state index contributed by atoms with van der Waals surface area (Å²) in [6.07, 6.45) is 4.57. The van der Waals surface area contributed by atoms with Crippen LogP contribution in [-0.4, -0.2) is 59.0 Å². The highest BCUT2D eigenvalue weighted by atomic mass is 16.5. The number of nitrogens with two attached hydrogens (primary N) is 1. The third-order valence-electron chi connectivity index (χ3n) is 3.30. The van der Waals surface area contributed by atoms with E-state index in [1.807, 2.05) is 4.57 Å². The van der Waals surface area contributed by atoms with E-state index >= 15 is 0 Å². The number of rotatable bonds is 6. The molecule has 0 spiro atoms. The summed E-state index contributed by atoms with van der Waals surface area (Å²) in [6.45, 7) is 5.63. The molecule has 18 heavy (non-hydrogen) atoms. The van der Waals surface area contributed by atoms with Crippen molar-refractivity contribution < 1.29 is 9.84 Å². The van der Waals surface area contributed by atoms with Crippen LogP contribution < -0.4 is 5.73 Å². The maximum absolute atomic E-state index is 9.07. The lowest BCUT2D eigenvalue weighted by Gasteiger charge is -2.26. The van der Waals surface area contributed by atoms with E-state index in [1.165, 1.54) is 0 Å². The predicted octanol–water partition coefficient (Wildman–Crippen LogP) is -0.403. The normalized spacial score (nSPS) is 19.0. The van der Waals surface area contributed by atoms with Crippen LogP contribution in [0.2, 0.25) is 0 Å². The first-order valence-corrected chi connectivity index (χ1v) is 6.48. The fourth-order valence-electron chi connectivity index (χ4n) is 2.21. The van der Waals surface area contributed by atoms with Crippen LogP contribution in [0.15, 0.2) is 12.5 Å². The quantitative estimate of drug-likeness (QED) is 0.722. The monoisotopic (exact) mass is 254 g/mol. The van der Waals surface area contributed by atoms with Gasteiger partial charge in [0.25, 0.3) is 0 Å². The molecule has 1 aromatic heterocycles. The van der Waals surface area contributed by atoms with Crippen molar-refractivity contribution in [3.63, 3.8) is 0 Å². The molecular formula is C12H22N4O2. The van der Waals surface area contributed by atoms with Crippen molar-refractivity contribution in [3.8, 4) is 0 Å². The average molecular weight is 254 g/mol. The van der Waals surface area contributed by atoms with Gasteiger partial charge in [-0.1, -0.05) is 0 Å². The molecule has 1 fully saturated rings. The molecule has 0 bridgehead atoms. The molecule has 1 aliphatic rings. The molecule has 0 aromatic carbocycles. The zero-order valence-electron chi connectivity index (χ0n) is 10.7. The maximum Gasteiger partial charge on any atom is 0.0948 e. The Bertz CT molecular complexity index is 350. The number of nitrogens with zero attached hydrogens (tertiary/aromatic N) is 3. The van der Waals surface area contributed by atoms with Gasteiger partial charge in [0.05, 0.1) is 37.9 Å². The van der Waals surface area contributed by atoms with Crippen LogP contribution >= 0.6 is 0 Å². The van der Waals surface area contributed by atoms with E-state index in [2.05, 4.69) is 9.88 Å². The summed E-state index contributed by atoms with van der Waals surface area (Å²) >= 11 is 0. The summed E-state index contributed by atoms with van der Waals surface area (Å²) < 4.78 is 7.34. The molecule has 1 aliphatic heterocycles. The van der Waals surface area contributed by atoms with E-state index in [-0.39, 0.29) is 12.6 Å². The van der Waals surface area contributed by atoms with Crippen molar-refractivity contribution >= 4 is 0 Å². The van der Waals surface area contributed by atoms with Gasteiger partial charge in [-0.05, 0) is 6.42 Å². The topological polar surface area (TPSA) is 76.5 Å². The van der Waals surface area contributed by atoms with Crippen LogP contribution in [0.3, 0.4) is 0 Å². The van der Waals surface area contributed by atoms with Crippen molar-refractivity contribution in [1.82, 2.24) is 14.5 Å². The molecule has 0 aliphatic carbocycles. The molecule has 6 heteroatoms. The molecule has 6 nitrogen and oxygen atoms in total. The third-order valence-corrected chi connectivity index (χ3v) is 3.30. The molecule has 2 heterocycles. The first-order chi connectivity index (χ1) is 8.81. The average Bonchev–Trinajstić information content (AvgIpc) is 2.87. The summed E-state index contributed by atoms with van der Waals surface area (Å²) in [4.78, 5) is 6.50. The lowest BCUT2D eigenvalue weighted by Crippen LogP contribution is -2.37. The number of aliphatic hydroxyl groups is 1. The Hall–Kier alpha value is -0.950. The van der Waals surface area contributed by atoms with E-state index in [1.54, 1.807) is 12.5 Å². The van der Waals surface area contributed by atoms with Gasteiger partial charge >= 0.3 is 0 Å². The minimum Gasteiger partial charge on any atom is -0.394 e. The molecule has 0 amide bonds. The number of ether oxygens (including phenoxy) is 1. The van der Waals surface area contributed by atoms with Gasteiger partial charge in [-0.15, -0.1) is 0 Å². The van der Waals surface area contributed by atoms with Crippen LogP contribution in [0.4, 0.5) is 0 Å². The first kappa shape index (κ1) is 13.5. The highest BCUT2D eigenvalue weighted by Gasteiger charge is 2.12. The Labute approximate surface area is 107 Å². The van der Waals surface area contributed by atoms with Crippen LogP contribution in [0, 0.1) is 0 Å². The van der Waals surface area contributed by atoms with Crippen LogP contribution in [0.5, 0.6) is 0 Å². The second-order valence-corrected chi connectivity index (χ2v) is 4.61. The number of hydrogen-bond donors (Lipinski definition) is 2. The van der Waals surface area contributed by atoms with Gasteiger partial charge in [0.1, 0.15) is 0 Å². The zero-order chi connectivity index (χ0) is 12.8. The van der Waals surface area contributed by atoms with Gasteiger partial charge in [0.2, 0.25) is 0 Å². The highest BCUT2D eigenvalue weighted by Crippen LogP contribution is 2.10. The van der Waals surface area contributed by atoms with Gasteiger partial charge in [-0.2, -0.15) is 0 Å². The second-order valence-electron chi connectivity index (χ2n) is 4.61.